The minimum absolute atomic E-state index is 0.109. The van der Waals surface area contributed by atoms with E-state index in [1.807, 2.05) is 18.4 Å². The van der Waals surface area contributed by atoms with Gasteiger partial charge in [-0.3, -0.25) is 4.79 Å². The van der Waals surface area contributed by atoms with Crippen molar-refractivity contribution in [3.05, 3.63) is 52.3 Å². The largest absolute Gasteiger partial charge is 0.334 e. The number of fused-ring (bicyclic) bond motifs is 1. The molecule has 0 unspecified atom stereocenters. The Morgan fingerprint density at radius 2 is 2.10 bits per heavy atom. The Balaban J connectivity index is 1.84. The van der Waals surface area contributed by atoms with Crippen LogP contribution in [0, 0.1) is 0 Å². The second-order valence-corrected chi connectivity index (χ2v) is 5.94. The van der Waals surface area contributed by atoms with Gasteiger partial charge in [-0.25, -0.2) is 9.97 Å². The Labute approximate surface area is 132 Å². The molecule has 0 atom stereocenters. The lowest BCUT2D eigenvalue weighted by Crippen LogP contribution is -2.36. The highest BCUT2D eigenvalue weighted by atomic mass is 35.5. The van der Waals surface area contributed by atoms with Gasteiger partial charge in [0.05, 0.1) is 5.56 Å². The molecule has 1 aromatic heterocycles. The molecule has 0 fully saturated rings. The van der Waals surface area contributed by atoms with E-state index in [-0.39, 0.29) is 11.1 Å². The molecule has 2 aromatic rings. The maximum atomic E-state index is 12.6. The van der Waals surface area contributed by atoms with Crippen LogP contribution < -0.4 is 0 Å². The molecule has 1 aromatic carbocycles. The van der Waals surface area contributed by atoms with Crippen LogP contribution in [0.25, 0.3) is 0 Å². The molecular weight excluding hydrogens is 306 g/mol. The third-order valence-corrected chi connectivity index (χ3v) is 4.40. The summed E-state index contributed by atoms with van der Waals surface area (Å²) in [5.74, 6) is -0.109. The van der Waals surface area contributed by atoms with Gasteiger partial charge in [-0.2, -0.15) is 0 Å². The lowest BCUT2D eigenvalue weighted by Gasteiger charge is -2.29. The molecule has 0 aliphatic carbocycles. The van der Waals surface area contributed by atoms with Gasteiger partial charge < -0.3 is 4.90 Å². The molecule has 0 saturated heterocycles. The van der Waals surface area contributed by atoms with E-state index in [1.165, 1.54) is 29.1 Å². The smallest absolute Gasteiger partial charge is 0.258 e. The molecule has 1 aliphatic rings. The SMILES string of the molecule is CSc1ncc(C(=O)N2CCc3ccccc3C2)c(Cl)n1. The molecule has 2 heterocycles. The number of carbonyl (C=O) groups is 1. The van der Waals surface area contributed by atoms with E-state index < -0.39 is 0 Å². The van der Waals surface area contributed by atoms with E-state index in [0.717, 1.165) is 6.42 Å². The third kappa shape index (κ3) is 2.89. The van der Waals surface area contributed by atoms with Gasteiger partial charge in [0.25, 0.3) is 5.91 Å². The monoisotopic (exact) mass is 319 g/mol. The van der Waals surface area contributed by atoms with E-state index in [4.69, 9.17) is 11.6 Å². The number of hydrogen-bond donors (Lipinski definition) is 0. The Bertz CT molecular complexity index is 692. The fourth-order valence-corrected chi connectivity index (χ4v) is 3.03. The lowest BCUT2D eigenvalue weighted by molar-refractivity contribution is 0.0734. The number of rotatable bonds is 2. The van der Waals surface area contributed by atoms with Crippen LogP contribution in [-0.2, 0) is 13.0 Å². The van der Waals surface area contributed by atoms with Gasteiger partial charge in [-0.15, -0.1) is 0 Å². The Morgan fingerprint density at radius 3 is 2.81 bits per heavy atom. The quantitative estimate of drug-likeness (QED) is 0.485. The predicted molar refractivity (Wildman–Crippen MR) is 83.7 cm³/mol. The summed E-state index contributed by atoms with van der Waals surface area (Å²) in [6.07, 6.45) is 4.25. The van der Waals surface area contributed by atoms with Gasteiger partial charge in [0.1, 0.15) is 5.15 Å². The summed E-state index contributed by atoms with van der Waals surface area (Å²) in [5.41, 5.74) is 2.87. The van der Waals surface area contributed by atoms with Crippen LogP contribution in [0.3, 0.4) is 0 Å². The average Bonchev–Trinajstić information content (AvgIpc) is 2.53. The molecule has 3 rings (SSSR count). The summed E-state index contributed by atoms with van der Waals surface area (Å²) in [4.78, 5) is 22.6. The van der Waals surface area contributed by atoms with E-state index in [0.29, 0.717) is 23.8 Å². The van der Waals surface area contributed by atoms with Crippen LogP contribution in [0.5, 0.6) is 0 Å². The van der Waals surface area contributed by atoms with Gasteiger partial charge in [0.2, 0.25) is 0 Å². The van der Waals surface area contributed by atoms with Crippen molar-refractivity contribution < 1.29 is 4.79 Å². The van der Waals surface area contributed by atoms with Crippen LogP contribution in [0.15, 0.2) is 35.6 Å². The standard InChI is InChI=1S/C15H14ClN3OS/c1-21-15-17-8-12(13(16)18-15)14(20)19-7-6-10-4-2-3-5-11(10)9-19/h2-5,8H,6-7,9H2,1H3. The number of carbonyl (C=O) groups excluding carboxylic acids is 1. The Hall–Kier alpha value is -1.59. The number of aromatic nitrogens is 2. The van der Waals surface area contributed by atoms with Crippen LogP contribution in [0.1, 0.15) is 21.5 Å². The van der Waals surface area contributed by atoms with Gasteiger partial charge in [0.15, 0.2) is 5.16 Å². The minimum atomic E-state index is -0.109. The zero-order valence-electron chi connectivity index (χ0n) is 11.5. The van der Waals surface area contributed by atoms with Crippen molar-refractivity contribution >= 4 is 29.3 Å². The molecule has 0 radical (unpaired) electrons. The lowest BCUT2D eigenvalue weighted by atomic mass is 9.99. The number of benzene rings is 1. The molecule has 0 bridgehead atoms. The van der Waals surface area contributed by atoms with Crippen LogP contribution in [0.2, 0.25) is 5.15 Å². The summed E-state index contributed by atoms with van der Waals surface area (Å²) in [5, 5.41) is 0.791. The van der Waals surface area contributed by atoms with Crippen molar-refractivity contribution in [1.29, 1.82) is 0 Å². The van der Waals surface area contributed by atoms with Gasteiger partial charge >= 0.3 is 0 Å². The summed E-state index contributed by atoms with van der Waals surface area (Å²) in [6.45, 7) is 1.30. The van der Waals surface area contributed by atoms with Gasteiger partial charge in [-0.05, 0) is 23.8 Å². The number of halogens is 1. The van der Waals surface area contributed by atoms with Gasteiger partial charge in [0, 0.05) is 19.3 Å². The predicted octanol–water partition coefficient (Wildman–Crippen LogP) is 3.05. The average molecular weight is 320 g/mol. The number of amides is 1. The number of thioether (sulfide) groups is 1. The molecular formula is C15H14ClN3OS. The van der Waals surface area contributed by atoms with E-state index >= 15 is 0 Å². The van der Waals surface area contributed by atoms with Crippen molar-refractivity contribution in [1.82, 2.24) is 14.9 Å². The van der Waals surface area contributed by atoms with Crippen molar-refractivity contribution in [3.8, 4) is 0 Å². The molecule has 0 N–H and O–H groups in total. The second-order valence-electron chi connectivity index (χ2n) is 4.81. The van der Waals surface area contributed by atoms with Crippen LogP contribution in [-0.4, -0.2) is 33.6 Å². The molecule has 6 heteroatoms. The Kier molecular flexibility index (Phi) is 4.12. The van der Waals surface area contributed by atoms with Crippen molar-refractivity contribution in [2.24, 2.45) is 0 Å². The Morgan fingerprint density at radius 1 is 1.33 bits per heavy atom. The fourth-order valence-electron chi connectivity index (χ4n) is 2.43. The highest BCUT2D eigenvalue weighted by Crippen LogP contribution is 2.23. The first-order valence-electron chi connectivity index (χ1n) is 6.61. The zero-order valence-corrected chi connectivity index (χ0v) is 13.1. The zero-order chi connectivity index (χ0) is 14.8. The number of hydrogen-bond acceptors (Lipinski definition) is 4. The van der Waals surface area contributed by atoms with Crippen LogP contribution in [0.4, 0.5) is 0 Å². The second kappa shape index (κ2) is 6.03. The normalized spacial score (nSPS) is 13.9. The summed E-state index contributed by atoms with van der Waals surface area (Å²) in [6, 6.07) is 8.20. The third-order valence-electron chi connectivity index (χ3n) is 3.55. The molecule has 0 saturated carbocycles. The summed E-state index contributed by atoms with van der Waals surface area (Å²) >= 11 is 7.51. The first-order valence-corrected chi connectivity index (χ1v) is 8.22. The molecule has 0 spiro atoms. The van der Waals surface area contributed by atoms with Crippen molar-refractivity contribution in [3.63, 3.8) is 0 Å². The van der Waals surface area contributed by atoms with Crippen LogP contribution >= 0.6 is 23.4 Å². The minimum Gasteiger partial charge on any atom is -0.334 e. The molecule has 4 nitrogen and oxygen atoms in total. The van der Waals surface area contributed by atoms with Crippen molar-refractivity contribution in [2.75, 3.05) is 12.8 Å². The summed E-state index contributed by atoms with van der Waals surface area (Å²) in [7, 11) is 0. The molecule has 1 aliphatic heterocycles. The number of nitrogens with zero attached hydrogens (tertiary/aromatic N) is 3. The highest BCUT2D eigenvalue weighted by molar-refractivity contribution is 7.98. The van der Waals surface area contributed by atoms with E-state index in [2.05, 4.69) is 22.1 Å². The van der Waals surface area contributed by atoms with E-state index in [1.54, 1.807) is 4.90 Å². The van der Waals surface area contributed by atoms with Gasteiger partial charge in [-0.1, -0.05) is 47.6 Å². The van der Waals surface area contributed by atoms with Crippen molar-refractivity contribution in [2.45, 2.75) is 18.1 Å². The summed E-state index contributed by atoms with van der Waals surface area (Å²) < 4.78 is 0. The first kappa shape index (κ1) is 14.4. The fraction of sp³-hybridized carbons (Fsp3) is 0.267. The maximum absolute atomic E-state index is 12.6. The van der Waals surface area contributed by atoms with E-state index in [9.17, 15) is 4.79 Å². The highest BCUT2D eigenvalue weighted by Gasteiger charge is 2.24. The topological polar surface area (TPSA) is 46.1 Å². The maximum Gasteiger partial charge on any atom is 0.258 e. The molecule has 108 valence electrons. The molecule has 1 amide bonds. The first-order chi connectivity index (χ1) is 10.2. The molecule has 21 heavy (non-hydrogen) atoms.